The standard InChI is InChI=1S/C26H21F3N6O4/c1-30-16-4-14(27)20(29)18-19-22(35-8-15(28)17(36)9-35)12(6-31-24(19)33-21(16)18)10-3-11-23(37)13(26(38)39)7-34(2)25(11)32-5-10/h3-7,15,17,30,36H,8-9H2,1-2H3,(H,31,33)(H,38,39). The second kappa shape index (κ2) is 8.70. The molecule has 4 aromatic heterocycles. The SMILES string of the molecule is CNc1cc(F)c(F)c2c1[nH]c1ncc(-c3cnc4c(c3)c(=O)c(C(=O)O)cn4C)c(N3CC(O)C(F)C3)c12. The summed E-state index contributed by atoms with van der Waals surface area (Å²) in [7, 11) is 3.10. The third-order valence-corrected chi connectivity index (χ3v) is 7.12. The zero-order valence-corrected chi connectivity index (χ0v) is 20.6. The number of aromatic carboxylic acids is 1. The third-order valence-electron chi connectivity index (χ3n) is 7.12. The molecule has 0 radical (unpaired) electrons. The van der Waals surface area contributed by atoms with E-state index in [0.717, 1.165) is 6.07 Å². The maximum absolute atomic E-state index is 15.4. The van der Waals surface area contributed by atoms with Gasteiger partial charge in [-0.2, -0.15) is 0 Å². The van der Waals surface area contributed by atoms with Crippen LogP contribution in [0.25, 0.3) is 44.1 Å². The van der Waals surface area contributed by atoms with Gasteiger partial charge in [-0.25, -0.2) is 27.9 Å². The van der Waals surface area contributed by atoms with Crippen LogP contribution in [0.15, 0.2) is 35.5 Å². The van der Waals surface area contributed by atoms with Gasteiger partial charge in [0.15, 0.2) is 11.6 Å². The lowest BCUT2D eigenvalue weighted by Crippen LogP contribution is -2.22. The number of carboxylic acid groups (broad SMARTS) is 1. The number of aliphatic hydroxyl groups excluding tert-OH is 1. The van der Waals surface area contributed by atoms with Crippen LogP contribution in [0, 0.1) is 11.6 Å². The van der Waals surface area contributed by atoms with Crippen LogP contribution in [-0.2, 0) is 7.05 Å². The highest BCUT2D eigenvalue weighted by atomic mass is 19.2. The number of carboxylic acids is 1. The van der Waals surface area contributed by atoms with Gasteiger partial charge in [0.1, 0.15) is 29.1 Å². The fraction of sp³-hybridized carbons (Fsp3) is 0.231. The van der Waals surface area contributed by atoms with Crippen LogP contribution in [0.2, 0.25) is 0 Å². The first kappa shape index (κ1) is 24.7. The molecule has 0 amide bonds. The van der Waals surface area contributed by atoms with Crippen LogP contribution in [0.3, 0.4) is 0 Å². The van der Waals surface area contributed by atoms with Gasteiger partial charge in [0, 0.05) is 56.4 Å². The summed E-state index contributed by atoms with van der Waals surface area (Å²) in [5.74, 6) is -3.64. The number of nitrogens with zero attached hydrogens (tertiary/aromatic N) is 4. The van der Waals surface area contributed by atoms with Crippen LogP contribution in [-0.4, -0.2) is 68.1 Å². The highest BCUT2D eigenvalue weighted by Gasteiger charge is 2.35. The predicted molar refractivity (Wildman–Crippen MR) is 139 cm³/mol. The molecule has 0 saturated carbocycles. The summed E-state index contributed by atoms with van der Waals surface area (Å²) >= 11 is 0. The normalized spacial score (nSPS) is 17.5. The first-order valence-corrected chi connectivity index (χ1v) is 11.9. The molecule has 6 rings (SSSR count). The molecule has 1 saturated heterocycles. The van der Waals surface area contributed by atoms with Gasteiger partial charge < -0.3 is 30.0 Å². The van der Waals surface area contributed by atoms with Gasteiger partial charge in [-0.15, -0.1) is 0 Å². The Morgan fingerprint density at radius 2 is 1.95 bits per heavy atom. The monoisotopic (exact) mass is 538 g/mol. The van der Waals surface area contributed by atoms with Crippen LogP contribution in [0.5, 0.6) is 0 Å². The van der Waals surface area contributed by atoms with Crippen molar-refractivity contribution in [3.63, 3.8) is 0 Å². The minimum Gasteiger partial charge on any atom is -0.477 e. The van der Waals surface area contributed by atoms with Crippen molar-refractivity contribution in [2.24, 2.45) is 7.05 Å². The maximum atomic E-state index is 15.4. The number of aryl methyl sites for hydroxylation is 1. The number of aromatic nitrogens is 4. The summed E-state index contributed by atoms with van der Waals surface area (Å²) in [5, 5.41) is 22.6. The van der Waals surface area contributed by atoms with Crippen LogP contribution in [0.1, 0.15) is 10.4 Å². The van der Waals surface area contributed by atoms with Gasteiger partial charge in [0.2, 0.25) is 5.43 Å². The number of fused-ring (bicyclic) bond motifs is 4. The molecule has 2 atom stereocenters. The number of aromatic amines is 1. The molecule has 5 aromatic rings. The Morgan fingerprint density at radius 3 is 2.62 bits per heavy atom. The molecule has 0 spiro atoms. The topological polar surface area (TPSA) is 136 Å². The molecule has 0 aliphatic carbocycles. The van der Waals surface area contributed by atoms with Gasteiger partial charge in [0.05, 0.1) is 39.6 Å². The van der Waals surface area contributed by atoms with Crippen molar-refractivity contribution in [1.29, 1.82) is 0 Å². The summed E-state index contributed by atoms with van der Waals surface area (Å²) in [4.78, 5) is 37.9. The average molecular weight is 538 g/mol. The van der Waals surface area contributed by atoms with Crippen LogP contribution >= 0.6 is 0 Å². The van der Waals surface area contributed by atoms with E-state index in [-0.39, 0.29) is 57.4 Å². The number of β-amino-alcohol motifs (C(OH)–C–C–N with tert-alkyl or cyclic N) is 1. The number of hydrogen-bond donors (Lipinski definition) is 4. The Kier molecular flexibility index (Phi) is 5.50. The molecule has 5 heterocycles. The van der Waals surface area contributed by atoms with Crippen molar-refractivity contribution in [2.45, 2.75) is 12.3 Å². The number of aliphatic hydroxyl groups is 1. The zero-order valence-electron chi connectivity index (χ0n) is 20.6. The molecular weight excluding hydrogens is 517 g/mol. The zero-order chi connectivity index (χ0) is 27.7. The quantitative estimate of drug-likeness (QED) is 0.274. The summed E-state index contributed by atoms with van der Waals surface area (Å²) in [5.41, 5.74) is 0.600. The summed E-state index contributed by atoms with van der Waals surface area (Å²) < 4.78 is 46.0. The predicted octanol–water partition coefficient (Wildman–Crippen LogP) is 3.17. The van der Waals surface area contributed by atoms with Gasteiger partial charge in [0.25, 0.3) is 0 Å². The molecule has 4 N–H and O–H groups in total. The average Bonchev–Trinajstić information content (AvgIpc) is 3.47. The molecule has 39 heavy (non-hydrogen) atoms. The van der Waals surface area contributed by atoms with E-state index in [0.29, 0.717) is 11.1 Å². The van der Waals surface area contributed by atoms with E-state index < -0.39 is 40.9 Å². The Labute approximate surface area is 217 Å². The van der Waals surface area contributed by atoms with E-state index in [1.165, 1.54) is 34.1 Å². The third kappa shape index (κ3) is 3.61. The van der Waals surface area contributed by atoms with E-state index in [4.69, 9.17) is 0 Å². The Bertz CT molecular complexity index is 1890. The number of halogens is 3. The first-order chi connectivity index (χ1) is 18.6. The van der Waals surface area contributed by atoms with Crippen molar-refractivity contribution in [1.82, 2.24) is 19.5 Å². The van der Waals surface area contributed by atoms with Crippen molar-refractivity contribution < 1.29 is 28.2 Å². The summed E-state index contributed by atoms with van der Waals surface area (Å²) in [6.07, 6.45) is 1.11. The van der Waals surface area contributed by atoms with Gasteiger partial charge in [-0.3, -0.25) is 4.79 Å². The molecule has 1 aromatic carbocycles. The number of pyridine rings is 3. The smallest absolute Gasteiger partial charge is 0.341 e. The molecule has 1 aliphatic heterocycles. The fourth-order valence-electron chi connectivity index (χ4n) is 5.27. The largest absolute Gasteiger partial charge is 0.477 e. The number of alkyl halides is 1. The fourth-order valence-corrected chi connectivity index (χ4v) is 5.27. The first-order valence-electron chi connectivity index (χ1n) is 11.9. The molecule has 13 heteroatoms. The lowest BCUT2D eigenvalue weighted by atomic mass is 10.0. The summed E-state index contributed by atoms with van der Waals surface area (Å²) in [6.45, 7) is -0.372. The molecule has 200 valence electrons. The summed E-state index contributed by atoms with van der Waals surface area (Å²) in [6, 6.07) is 2.45. The number of carbonyl (C=O) groups is 1. The van der Waals surface area contributed by atoms with Crippen LogP contribution in [0.4, 0.5) is 24.5 Å². The number of benzene rings is 1. The highest BCUT2D eigenvalue weighted by Crippen LogP contribution is 2.44. The Balaban J connectivity index is 1.72. The van der Waals surface area contributed by atoms with Crippen LogP contribution < -0.4 is 15.6 Å². The van der Waals surface area contributed by atoms with E-state index >= 15 is 4.39 Å². The maximum Gasteiger partial charge on any atom is 0.341 e. The molecule has 0 bridgehead atoms. The van der Waals surface area contributed by atoms with Gasteiger partial charge in [-0.05, 0) is 6.07 Å². The second-order valence-electron chi connectivity index (χ2n) is 9.46. The van der Waals surface area contributed by atoms with E-state index in [1.807, 2.05) is 0 Å². The molecular formula is C26H21F3N6O4. The lowest BCUT2D eigenvalue weighted by Gasteiger charge is -2.23. The molecule has 2 unspecified atom stereocenters. The molecule has 1 aliphatic rings. The molecule has 10 nitrogen and oxygen atoms in total. The second-order valence-corrected chi connectivity index (χ2v) is 9.46. The number of hydrogen-bond acceptors (Lipinski definition) is 7. The van der Waals surface area contributed by atoms with Crippen molar-refractivity contribution >= 4 is 50.3 Å². The van der Waals surface area contributed by atoms with E-state index in [9.17, 15) is 28.6 Å². The van der Waals surface area contributed by atoms with Crippen molar-refractivity contribution in [2.75, 3.05) is 30.4 Å². The highest BCUT2D eigenvalue weighted by molar-refractivity contribution is 6.18. The molecule has 1 fully saturated rings. The number of rotatable bonds is 4. The number of H-pyrrole nitrogens is 1. The minimum absolute atomic E-state index is 0.0133. The van der Waals surface area contributed by atoms with E-state index in [1.54, 1.807) is 14.1 Å². The van der Waals surface area contributed by atoms with Crippen molar-refractivity contribution in [3.8, 4) is 11.1 Å². The minimum atomic E-state index is -1.60. The van der Waals surface area contributed by atoms with Gasteiger partial charge in [-0.1, -0.05) is 0 Å². The lowest BCUT2D eigenvalue weighted by molar-refractivity contribution is 0.0695. The van der Waals surface area contributed by atoms with Crippen molar-refractivity contribution in [3.05, 3.63) is 58.1 Å². The van der Waals surface area contributed by atoms with Gasteiger partial charge >= 0.3 is 5.97 Å². The number of nitrogens with one attached hydrogen (secondary N) is 2. The number of anilines is 2. The Morgan fingerprint density at radius 1 is 1.18 bits per heavy atom. The Hall–Kier alpha value is -4.65. The van der Waals surface area contributed by atoms with E-state index in [2.05, 4.69) is 20.3 Å².